The molecule has 2 aromatic heterocycles. The van der Waals surface area contributed by atoms with E-state index >= 15 is 0 Å². The zero-order valence-electron chi connectivity index (χ0n) is 15.6. The van der Waals surface area contributed by atoms with Crippen LogP contribution in [0.5, 0.6) is 0 Å². The summed E-state index contributed by atoms with van der Waals surface area (Å²) in [5.41, 5.74) is 3.27. The summed E-state index contributed by atoms with van der Waals surface area (Å²) in [4.78, 5) is 13.3. The summed E-state index contributed by atoms with van der Waals surface area (Å²) < 4.78 is 0. The Hall–Kier alpha value is -4.24. The number of nitriles is 1. The van der Waals surface area contributed by atoms with Gasteiger partial charge in [-0.3, -0.25) is 4.98 Å². The lowest BCUT2D eigenvalue weighted by molar-refractivity contribution is 1.08. The molecule has 0 amide bonds. The van der Waals surface area contributed by atoms with Crippen LogP contribution in [0.3, 0.4) is 0 Å². The highest BCUT2D eigenvalue weighted by atomic mass is 15.1. The van der Waals surface area contributed by atoms with E-state index in [0.29, 0.717) is 35.3 Å². The molecule has 0 spiro atoms. The molecule has 140 valence electrons. The van der Waals surface area contributed by atoms with Gasteiger partial charge in [0.15, 0.2) is 5.82 Å². The van der Waals surface area contributed by atoms with Gasteiger partial charge >= 0.3 is 0 Å². The van der Waals surface area contributed by atoms with Crippen LogP contribution in [0, 0.1) is 11.3 Å². The number of aromatic nitrogens is 3. The van der Waals surface area contributed by atoms with Crippen molar-refractivity contribution in [3.05, 3.63) is 96.3 Å². The van der Waals surface area contributed by atoms with Crippen molar-refractivity contribution >= 4 is 17.3 Å². The SMILES string of the molecule is N#Cc1ccccc1Nc1cc(NCc2ccncc2)nc(-c2ccccc2)n1. The molecule has 0 aliphatic heterocycles. The Kier molecular flexibility index (Phi) is 5.40. The van der Waals surface area contributed by atoms with Gasteiger partial charge in [0.05, 0.1) is 11.3 Å². The van der Waals surface area contributed by atoms with E-state index in [2.05, 4.69) is 31.7 Å². The fourth-order valence-electron chi connectivity index (χ4n) is 2.84. The predicted octanol–water partition coefficient (Wildman–Crippen LogP) is 4.77. The first kappa shape index (κ1) is 18.1. The van der Waals surface area contributed by atoms with Crippen molar-refractivity contribution in [3.63, 3.8) is 0 Å². The number of hydrogen-bond donors (Lipinski definition) is 2. The average molecular weight is 378 g/mol. The molecule has 0 fully saturated rings. The number of para-hydroxylation sites is 1. The molecular weight excluding hydrogens is 360 g/mol. The Bertz CT molecular complexity index is 1140. The fraction of sp³-hybridized carbons (Fsp3) is 0.0435. The number of rotatable bonds is 6. The topological polar surface area (TPSA) is 86.5 Å². The number of nitrogens with zero attached hydrogens (tertiary/aromatic N) is 4. The normalized spacial score (nSPS) is 10.2. The molecule has 0 bridgehead atoms. The Labute approximate surface area is 168 Å². The summed E-state index contributed by atoms with van der Waals surface area (Å²) in [7, 11) is 0. The Morgan fingerprint density at radius 3 is 2.34 bits per heavy atom. The van der Waals surface area contributed by atoms with Crippen molar-refractivity contribution < 1.29 is 0 Å². The van der Waals surface area contributed by atoms with Gasteiger partial charge in [-0.05, 0) is 29.8 Å². The molecule has 0 saturated carbocycles. The smallest absolute Gasteiger partial charge is 0.163 e. The lowest BCUT2D eigenvalue weighted by atomic mass is 10.2. The van der Waals surface area contributed by atoms with Gasteiger partial charge in [0.1, 0.15) is 17.7 Å². The summed E-state index contributed by atoms with van der Waals surface area (Å²) in [6, 6.07) is 25.1. The van der Waals surface area contributed by atoms with Crippen molar-refractivity contribution in [2.24, 2.45) is 0 Å². The molecule has 0 saturated heterocycles. The average Bonchev–Trinajstić information content (AvgIpc) is 2.79. The van der Waals surface area contributed by atoms with E-state index in [1.54, 1.807) is 18.5 Å². The van der Waals surface area contributed by atoms with Crippen LogP contribution in [0.15, 0.2) is 85.2 Å². The first-order valence-corrected chi connectivity index (χ1v) is 9.15. The highest BCUT2D eigenvalue weighted by Crippen LogP contribution is 2.24. The highest BCUT2D eigenvalue weighted by Gasteiger charge is 2.09. The molecule has 6 heteroatoms. The third-order valence-electron chi connectivity index (χ3n) is 4.29. The fourth-order valence-corrected chi connectivity index (χ4v) is 2.84. The Morgan fingerprint density at radius 1 is 0.828 bits per heavy atom. The molecule has 4 rings (SSSR count). The maximum Gasteiger partial charge on any atom is 0.163 e. The van der Waals surface area contributed by atoms with Crippen LogP contribution < -0.4 is 10.6 Å². The molecule has 6 nitrogen and oxygen atoms in total. The van der Waals surface area contributed by atoms with Crippen LogP contribution in [0.25, 0.3) is 11.4 Å². The molecule has 2 aromatic carbocycles. The number of anilines is 3. The van der Waals surface area contributed by atoms with Crippen LogP contribution in [0.1, 0.15) is 11.1 Å². The second kappa shape index (κ2) is 8.63. The summed E-state index contributed by atoms with van der Waals surface area (Å²) in [5.74, 6) is 1.90. The minimum atomic E-state index is 0.554. The van der Waals surface area contributed by atoms with E-state index in [-0.39, 0.29) is 0 Å². The van der Waals surface area contributed by atoms with E-state index in [9.17, 15) is 5.26 Å². The van der Waals surface area contributed by atoms with Gasteiger partial charge in [0.25, 0.3) is 0 Å². The third-order valence-corrected chi connectivity index (χ3v) is 4.29. The summed E-state index contributed by atoms with van der Waals surface area (Å²) in [6.45, 7) is 0.613. The van der Waals surface area contributed by atoms with Crippen molar-refractivity contribution in [2.45, 2.75) is 6.54 Å². The molecule has 0 aliphatic carbocycles. The summed E-state index contributed by atoms with van der Waals surface area (Å²) in [5, 5.41) is 15.9. The maximum atomic E-state index is 9.35. The number of pyridine rings is 1. The third kappa shape index (κ3) is 4.54. The Balaban J connectivity index is 1.67. The molecule has 0 aliphatic rings. The van der Waals surface area contributed by atoms with Gasteiger partial charge < -0.3 is 10.6 Å². The zero-order valence-corrected chi connectivity index (χ0v) is 15.6. The summed E-state index contributed by atoms with van der Waals surface area (Å²) in [6.07, 6.45) is 3.52. The van der Waals surface area contributed by atoms with Crippen LogP contribution in [-0.4, -0.2) is 15.0 Å². The lowest BCUT2D eigenvalue weighted by Gasteiger charge is -2.12. The molecule has 0 radical (unpaired) electrons. The minimum absolute atomic E-state index is 0.554. The van der Waals surface area contributed by atoms with Gasteiger partial charge in [-0.25, -0.2) is 9.97 Å². The van der Waals surface area contributed by atoms with Gasteiger partial charge in [-0.2, -0.15) is 5.26 Å². The molecule has 4 aromatic rings. The standard InChI is InChI=1S/C23H18N6/c24-15-19-8-4-5-9-20(19)27-22-14-21(26-16-17-10-12-25-13-11-17)28-23(29-22)18-6-2-1-3-7-18/h1-14H,16H2,(H2,26,27,28,29). The number of nitrogens with one attached hydrogen (secondary N) is 2. The van der Waals surface area contributed by atoms with Crippen molar-refractivity contribution in [1.82, 2.24) is 15.0 Å². The second-order valence-electron chi connectivity index (χ2n) is 6.32. The van der Waals surface area contributed by atoms with E-state index in [4.69, 9.17) is 0 Å². The largest absolute Gasteiger partial charge is 0.366 e. The van der Waals surface area contributed by atoms with Gasteiger partial charge in [0.2, 0.25) is 0 Å². The second-order valence-corrected chi connectivity index (χ2v) is 6.32. The van der Waals surface area contributed by atoms with Gasteiger partial charge in [-0.1, -0.05) is 42.5 Å². The molecule has 0 unspecified atom stereocenters. The van der Waals surface area contributed by atoms with Crippen molar-refractivity contribution in [1.29, 1.82) is 5.26 Å². The van der Waals surface area contributed by atoms with E-state index < -0.39 is 0 Å². The first-order chi connectivity index (χ1) is 14.3. The highest BCUT2D eigenvalue weighted by molar-refractivity contribution is 5.68. The van der Waals surface area contributed by atoms with E-state index in [0.717, 1.165) is 11.1 Å². The summed E-state index contributed by atoms with van der Waals surface area (Å²) >= 11 is 0. The van der Waals surface area contributed by atoms with Crippen molar-refractivity contribution in [3.8, 4) is 17.5 Å². The van der Waals surface area contributed by atoms with E-state index in [1.807, 2.05) is 66.7 Å². The predicted molar refractivity (Wildman–Crippen MR) is 113 cm³/mol. The number of benzene rings is 2. The van der Waals surface area contributed by atoms with Crippen molar-refractivity contribution in [2.75, 3.05) is 10.6 Å². The van der Waals surface area contributed by atoms with Crippen LogP contribution in [-0.2, 0) is 6.54 Å². The number of hydrogen-bond acceptors (Lipinski definition) is 6. The van der Waals surface area contributed by atoms with Crippen LogP contribution in [0.4, 0.5) is 17.3 Å². The first-order valence-electron chi connectivity index (χ1n) is 9.15. The molecule has 29 heavy (non-hydrogen) atoms. The quantitative estimate of drug-likeness (QED) is 0.503. The maximum absolute atomic E-state index is 9.35. The molecule has 0 atom stereocenters. The van der Waals surface area contributed by atoms with Gasteiger partial charge in [-0.15, -0.1) is 0 Å². The van der Waals surface area contributed by atoms with Crippen LogP contribution in [0.2, 0.25) is 0 Å². The molecule has 2 heterocycles. The van der Waals surface area contributed by atoms with Gasteiger partial charge in [0, 0.05) is 30.6 Å². The van der Waals surface area contributed by atoms with Crippen LogP contribution >= 0.6 is 0 Å². The molecular formula is C23H18N6. The Morgan fingerprint density at radius 2 is 1.55 bits per heavy atom. The monoisotopic (exact) mass is 378 g/mol. The molecule has 2 N–H and O–H groups in total. The minimum Gasteiger partial charge on any atom is -0.366 e. The zero-order chi connectivity index (χ0) is 19.9. The lowest BCUT2D eigenvalue weighted by Crippen LogP contribution is -2.05. The van der Waals surface area contributed by atoms with E-state index in [1.165, 1.54) is 0 Å².